The van der Waals surface area contributed by atoms with Crippen LogP contribution in [0.2, 0.25) is 0 Å². The quantitative estimate of drug-likeness (QED) is 0.579. The van der Waals surface area contributed by atoms with Crippen LogP contribution in [0.4, 0.5) is 5.82 Å². The third-order valence-corrected chi connectivity index (χ3v) is 4.06. The second-order valence-corrected chi connectivity index (χ2v) is 5.80. The van der Waals surface area contributed by atoms with Crippen LogP contribution >= 0.6 is 0 Å². The molecule has 0 atom stereocenters. The van der Waals surface area contributed by atoms with E-state index in [0.717, 1.165) is 22.4 Å². The largest absolute Gasteiger partial charge is 0.305 e. The predicted octanol–water partition coefficient (Wildman–Crippen LogP) is 4.39. The maximum absolute atomic E-state index is 12.4. The Labute approximate surface area is 150 Å². The Hall–Kier alpha value is -3.73. The van der Waals surface area contributed by atoms with Gasteiger partial charge in [0.25, 0.3) is 5.91 Å². The van der Waals surface area contributed by atoms with Gasteiger partial charge in [0.15, 0.2) is 5.82 Å². The smallest absolute Gasteiger partial charge is 0.256 e. The summed E-state index contributed by atoms with van der Waals surface area (Å²) in [6.45, 7) is 0. The summed E-state index contributed by atoms with van der Waals surface area (Å²) in [4.78, 5) is 16.4. The molecule has 0 bridgehead atoms. The van der Waals surface area contributed by atoms with Crippen molar-refractivity contribution in [3.8, 4) is 22.4 Å². The average molecular weight is 340 g/mol. The molecule has 2 aromatic carbocycles. The Morgan fingerprint density at radius 3 is 2.23 bits per heavy atom. The fourth-order valence-electron chi connectivity index (χ4n) is 2.70. The molecule has 2 aromatic heterocycles. The van der Waals surface area contributed by atoms with Gasteiger partial charge in [-0.05, 0) is 35.4 Å². The second kappa shape index (κ2) is 7.03. The van der Waals surface area contributed by atoms with E-state index < -0.39 is 0 Å². The van der Waals surface area contributed by atoms with Crippen LogP contribution in [-0.4, -0.2) is 21.1 Å². The summed E-state index contributed by atoms with van der Waals surface area (Å²) >= 11 is 0. The Morgan fingerprint density at radius 1 is 0.808 bits per heavy atom. The number of hydrogen-bond donors (Lipinski definition) is 2. The van der Waals surface area contributed by atoms with Gasteiger partial charge in [0.1, 0.15) is 0 Å². The summed E-state index contributed by atoms with van der Waals surface area (Å²) in [6, 6.07) is 23.1. The maximum Gasteiger partial charge on any atom is 0.256 e. The fraction of sp³-hybridized carbons (Fsp3) is 0. The van der Waals surface area contributed by atoms with E-state index in [2.05, 4.69) is 20.5 Å². The monoisotopic (exact) mass is 340 g/mol. The number of nitrogens with one attached hydrogen (secondary N) is 2. The standard InChI is InChI=1S/C21H16N4O/c26-21(18-8-6-16(7-9-18)15-4-2-1-3-5-15)23-20-14-19(24-25-20)17-10-12-22-13-11-17/h1-14H,(H2,23,24,25,26). The molecule has 0 unspecified atom stereocenters. The van der Waals surface area contributed by atoms with Crippen molar-refractivity contribution in [2.24, 2.45) is 0 Å². The molecule has 4 aromatic rings. The molecule has 126 valence electrons. The minimum absolute atomic E-state index is 0.197. The van der Waals surface area contributed by atoms with Crippen molar-refractivity contribution in [2.45, 2.75) is 0 Å². The number of benzene rings is 2. The molecule has 2 heterocycles. The maximum atomic E-state index is 12.4. The van der Waals surface area contributed by atoms with Crippen LogP contribution in [0.3, 0.4) is 0 Å². The Balaban J connectivity index is 1.48. The van der Waals surface area contributed by atoms with Crippen molar-refractivity contribution in [1.29, 1.82) is 0 Å². The zero-order chi connectivity index (χ0) is 17.8. The summed E-state index contributed by atoms with van der Waals surface area (Å²) in [6.07, 6.45) is 3.42. The number of amides is 1. The molecule has 0 aliphatic rings. The molecular weight excluding hydrogens is 324 g/mol. The molecular formula is C21H16N4O. The lowest BCUT2D eigenvalue weighted by Crippen LogP contribution is -2.11. The van der Waals surface area contributed by atoms with Crippen LogP contribution in [0.5, 0.6) is 0 Å². The lowest BCUT2D eigenvalue weighted by Gasteiger charge is -2.04. The van der Waals surface area contributed by atoms with Crippen molar-refractivity contribution in [3.05, 3.63) is 90.8 Å². The number of carbonyl (C=O) groups is 1. The first-order valence-corrected chi connectivity index (χ1v) is 8.22. The van der Waals surface area contributed by atoms with Crippen LogP contribution < -0.4 is 5.32 Å². The first kappa shape index (κ1) is 15.8. The van der Waals surface area contributed by atoms with E-state index in [1.165, 1.54) is 0 Å². The van der Waals surface area contributed by atoms with Gasteiger partial charge in [0, 0.05) is 29.6 Å². The number of rotatable bonds is 4. The van der Waals surface area contributed by atoms with Gasteiger partial charge in [-0.2, -0.15) is 5.10 Å². The van der Waals surface area contributed by atoms with Crippen molar-refractivity contribution in [3.63, 3.8) is 0 Å². The molecule has 1 amide bonds. The molecule has 0 saturated carbocycles. The van der Waals surface area contributed by atoms with E-state index in [1.54, 1.807) is 18.5 Å². The Kier molecular flexibility index (Phi) is 4.26. The number of hydrogen-bond acceptors (Lipinski definition) is 3. The summed E-state index contributed by atoms with van der Waals surface area (Å²) in [5, 5.41) is 9.87. The fourth-order valence-corrected chi connectivity index (χ4v) is 2.70. The number of aromatic nitrogens is 3. The third kappa shape index (κ3) is 3.37. The SMILES string of the molecule is O=C(Nc1cc(-c2ccncc2)[nH]n1)c1ccc(-c2ccccc2)cc1. The van der Waals surface area contributed by atoms with Gasteiger partial charge < -0.3 is 5.32 Å². The summed E-state index contributed by atoms with van der Waals surface area (Å²) < 4.78 is 0. The van der Waals surface area contributed by atoms with Crippen LogP contribution in [0.25, 0.3) is 22.4 Å². The highest BCUT2D eigenvalue weighted by molar-refractivity contribution is 6.04. The lowest BCUT2D eigenvalue weighted by molar-refractivity contribution is 0.102. The molecule has 0 aliphatic carbocycles. The van der Waals surface area contributed by atoms with Crippen molar-refractivity contribution in [1.82, 2.24) is 15.2 Å². The molecule has 0 radical (unpaired) electrons. The Bertz CT molecular complexity index is 1010. The summed E-state index contributed by atoms with van der Waals surface area (Å²) in [7, 11) is 0. The highest BCUT2D eigenvalue weighted by Crippen LogP contribution is 2.21. The predicted molar refractivity (Wildman–Crippen MR) is 102 cm³/mol. The van der Waals surface area contributed by atoms with Crippen molar-refractivity contribution < 1.29 is 4.79 Å². The molecule has 0 spiro atoms. The van der Waals surface area contributed by atoms with Gasteiger partial charge >= 0.3 is 0 Å². The van der Waals surface area contributed by atoms with Gasteiger partial charge in [-0.25, -0.2) is 0 Å². The van der Waals surface area contributed by atoms with E-state index in [-0.39, 0.29) is 5.91 Å². The summed E-state index contributed by atoms with van der Waals surface area (Å²) in [5.41, 5.74) is 4.55. The van der Waals surface area contributed by atoms with Gasteiger partial charge in [-0.3, -0.25) is 14.9 Å². The highest BCUT2D eigenvalue weighted by atomic mass is 16.1. The van der Waals surface area contributed by atoms with Gasteiger partial charge in [-0.1, -0.05) is 42.5 Å². The molecule has 2 N–H and O–H groups in total. The van der Waals surface area contributed by atoms with E-state index >= 15 is 0 Å². The van der Waals surface area contributed by atoms with Crippen molar-refractivity contribution in [2.75, 3.05) is 5.32 Å². The first-order valence-electron chi connectivity index (χ1n) is 8.22. The highest BCUT2D eigenvalue weighted by Gasteiger charge is 2.10. The topological polar surface area (TPSA) is 70.7 Å². The number of anilines is 1. The molecule has 26 heavy (non-hydrogen) atoms. The van der Waals surface area contributed by atoms with Crippen LogP contribution in [0, 0.1) is 0 Å². The molecule has 5 nitrogen and oxygen atoms in total. The van der Waals surface area contributed by atoms with Crippen LogP contribution in [0.15, 0.2) is 85.2 Å². The number of H-pyrrole nitrogens is 1. The Morgan fingerprint density at radius 2 is 1.50 bits per heavy atom. The summed E-state index contributed by atoms with van der Waals surface area (Å²) in [5.74, 6) is 0.284. The normalized spacial score (nSPS) is 10.5. The first-order chi connectivity index (χ1) is 12.8. The van der Waals surface area contributed by atoms with E-state index in [4.69, 9.17) is 0 Å². The number of carbonyl (C=O) groups excluding carboxylic acids is 1. The zero-order valence-corrected chi connectivity index (χ0v) is 13.9. The molecule has 4 rings (SSSR count). The van der Waals surface area contributed by atoms with Crippen LogP contribution in [-0.2, 0) is 0 Å². The third-order valence-electron chi connectivity index (χ3n) is 4.06. The van der Waals surface area contributed by atoms with Crippen LogP contribution in [0.1, 0.15) is 10.4 Å². The van der Waals surface area contributed by atoms with Gasteiger partial charge in [0.2, 0.25) is 0 Å². The number of pyridine rings is 1. The van der Waals surface area contributed by atoms with Gasteiger partial charge in [-0.15, -0.1) is 0 Å². The minimum Gasteiger partial charge on any atom is -0.305 e. The molecule has 0 aliphatic heterocycles. The van der Waals surface area contributed by atoms with E-state index in [1.807, 2.05) is 66.7 Å². The van der Waals surface area contributed by atoms with E-state index in [0.29, 0.717) is 11.4 Å². The number of aromatic amines is 1. The van der Waals surface area contributed by atoms with Gasteiger partial charge in [0.05, 0.1) is 5.69 Å². The molecule has 5 heteroatoms. The lowest BCUT2D eigenvalue weighted by atomic mass is 10.0. The zero-order valence-electron chi connectivity index (χ0n) is 13.9. The van der Waals surface area contributed by atoms with Crippen molar-refractivity contribution >= 4 is 11.7 Å². The number of nitrogens with zero attached hydrogens (tertiary/aromatic N) is 2. The van der Waals surface area contributed by atoms with E-state index in [9.17, 15) is 4.79 Å². The molecule has 0 fully saturated rings. The molecule has 0 saturated heterocycles. The average Bonchev–Trinajstić information content (AvgIpc) is 3.18. The minimum atomic E-state index is -0.197. The second-order valence-electron chi connectivity index (χ2n) is 5.80.